The van der Waals surface area contributed by atoms with Crippen LogP contribution in [0.5, 0.6) is 0 Å². The van der Waals surface area contributed by atoms with Gasteiger partial charge in [-0.25, -0.2) is 22.8 Å². The van der Waals surface area contributed by atoms with E-state index in [0.717, 1.165) is 34.9 Å². The van der Waals surface area contributed by atoms with Gasteiger partial charge in [-0.3, -0.25) is 14.9 Å². The van der Waals surface area contributed by atoms with Crippen LogP contribution in [0.4, 0.5) is 10.1 Å². The first kappa shape index (κ1) is 29.1. The van der Waals surface area contributed by atoms with Crippen LogP contribution in [-0.4, -0.2) is 56.5 Å². The Morgan fingerprint density at radius 2 is 1.91 bits per heavy atom. The highest BCUT2D eigenvalue weighted by Gasteiger charge is 2.17. The summed E-state index contributed by atoms with van der Waals surface area (Å²) >= 11 is 0. The van der Waals surface area contributed by atoms with E-state index >= 15 is 0 Å². The number of fused-ring (bicyclic) bond motifs is 2. The molecule has 44 heavy (non-hydrogen) atoms. The molecule has 224 valence electrons. The van der Waals surface area contributed by atoms with Gasteiger partial charge in [0, 0.05) is 36.0 Å². The number of carbonyl (C=O) groups excluding carboxylic acids is 1. The van der Waals surface area contributed by atoms with Crippen LogP contribution in [0.25, 0.3) is 55.8 Å². The quantitative estimate of drug-likeness (QED) is 0.170. The van der Waals surface area contributed by atoms with Crippen molar-refractivity contribution in [3.63, 3.8) is 0 Å². The van der Waals surface area contributed by atoms with E-state index in [1.54, 1.807) is 24.7 Å². The molecule has 6 rings (SSSR count). The number of amides is 1. The fourth-order valence-electron chi connectivity index (χ4n) is 5.12. The summed E-state index contributed by atoms with van der Waals surface area (Å²) in [7, 11) is -3.19. The Kier molecular flexibility index (Phi) is 7.92. The van der Waals surface area contributed by atoms with Crippen LogP contribution in [0.15, 0.2) is 67.1 Å². The third-order valence-corrected chi connectivity index (χ3v) is 8.25. The molecule has 0 bridgehead atoms. The summed E-state index contributed by atoms with van der Waals surface area (Å²) in [5.41, 5.74) is 7.15. The van der Waals surface area contributed by atoms with Crippen LogP contribution in [0.2, 0.25) is 0 Å². The summed E-state index contributed by atoms with van der Waals surface area (Å²) in [4.78, 5) is 29.2. The number of aromatic amines is 2. The summed E-state index contributed by atoms with van der Waals surface area (Å²) in [6.45, 7) is 2.04. The van der Waals surface area contributed by atoms with E-state index < -0.39 is 15.7 Å². The Morgan fingerprint density at radius 3 is 2.73 bits per heavy atom. The number of H-pyrrole nitrogens is 2. The van der Waals surface area contributed by atoms with Crippen molar-refractivity contribution in [1.29, 1.82) is 0 Å². The van der Waals surface area contributed by atoms with E-state index in [0.29, 0.717) is 51.5 Å². The number of nitrogens with zero attached hydrogens (tertiary/aromatic N) is 4. The zero-order valence-corrected chi connectivity index (χ0v) is 25.0. The topological polar surface area (TPSA) is 146 Å². The van der Waals surface area contributed by atoms with Gasteiger partial charge in [-0.1, -0.05) is 19.4 Å². The maximum Gasteiger partial charge on any atom is 0.224 e. The van der Waals surface area contributed by atoms with Crippen LogP contribution in [0.1, 0.15) is 31.7 Å². The van der Waals surface area contributed by atoms with Crippen molar-refractivity contribution >= 4 is 43.5 Å². The number of anilines is 1. The fourth-order valence-corrected chi connectivity index (χ4v) is 5.72. The van der Waals surface area contributed by atoms with Gasteiger partial charge in [-0.15, -0.1) is 0 Å². The number of hydrogen-bond donors (Lipinski definition) is 3. The molecule has 0 aliphatic rings. The second-order valence-corrected chi connectivity index (χ2v) is 13.1. The molecule has 0 aliphatic carbocycles. The maximum absolute atomic E-state index is 14.6. The minimum Gasteiger partial charge on any atom is -0.338 e. The van der Waals surface area contributed by atoms with E-state index in [-0.39, 0.29) is 18.1 Å². The molecule has 0 unspecified atom stereocenters. The highest BCUT2D eigenvalue weighted by molar-refractivity contribution is 7.90. The molecule has 5 aromatic heterocycles. The van der Waals surface area contributed by atoms with Crippen molar-refractivity contribution in [2.75, 3.05) is 17.3 Å². The highest BCUT2D eigenvalue weighted by Crippen LogP contribution is 2.34. The van der Waals surface area contributed by atoms with Crippen LogP contribution in [0.3, 0.4) is 0 Å². The van der Waals surface area contributed by atoms with Gasteiger partial charge in [0.1, 0.15) is 32.5 Å². The monoisotopic (exact) mass is 611 g/mol. The van der Waals surface area contributed by atoms with E-state index in [9.17, 15) is 17.6 Å². The molecule has 0 aliphatic heterocycles. The number of halogens is 1. The summed E-state index contributed by atoms with van der Waals surface area (Å²) < 4.78 is 38.0. The molecule has 1 aromatic carbocycles. The summed E-state index contributed by atoms with van der Waals surface area (Å²) in [6.07, 6.45) is 8.53. The van der Waals surface area contributed by atoms with Crippen molar-refractivity contribution in [2.24, 2.45) is 0 Å². The molecule has 6 aromatic rings. The minimum absolute atomic E-state index is 0.0542. The minimum atomic E-state index is -3.19. The molecule has 0 saturated heterocycles. The summed E-state index contributed by atoms with van der Waals surface area (Å²) in [6, 6.07) is 13.9. The van der Waals surface area contributed by atoms with Gasteiger partial charge in [0.15, 0.2) is 0 Å². The summed E-state index contributed by atoms with van der Waals surface area (Å²) in [5.74, 6) is -0.562. The lowest BCUT2D eigenvalue weighted by Crippen LogP contribution is -2.11. The molecule has 0 fully saturated rings. The van der Waals surface area contributed by atoms with Crippen molar-refractivity contribution in [3.05, 3.63) is 78.5 Å². The number of rotatable bonds is 10. The number of sulfone groups is 1. The lowest BCUT2D eigenvalue weighted by molar-refractivity contribution is -0.116. The Labute approximate surface area is 253 Å². The first-order chi connectivity index (χ1) is 21.2. The van der Waals surface area contributed by atoms with Crippen molar-refractivity contribution in [2.45, 2.75) is 32.6 Å². The number of unbranched alkanes of at least 4 members (excludes halogenated alkanes) is 1. The first-order valence-corrected chi connectivity index (χ1v) is 16.3. The van der Waals surface area contributed by atoms with Gasteiger partial charge in [0.2, 0.25) is 5.91 Å². The van der Waals surface area contributed by atoms with Crippen LogP contribution in [0, 0.1) is 5.82 Å². The van der Waals surface area contributed by atoms with E-state index in [2.05, 4.69) is 30.5 Å². The normalized spacial score (nSPS) is 11.8. The molecule has 1 amide bonds. The lowest BCUT2D eigenvalue weighted by atomic mass is 10.00. The molecule has 0 radical (unpaired) electrons. The van der Waals surface area contributed by atoms with Crippen molar-refractivity contribution in [1.82, 2.24) is 30.1 Å². The second kappa shape index (κ2) is 12.0. The van der Waals surface area contributed by atoms with Crippen LogP contribution >= 0.6 is 0 Å². The Hall–Kier alpha value is -4.97. The number of aryl methyl sites for hydroxylation is 1. The van der Waals surface area contributed by atoms with Gasteiger partial charge in [0.25, 0.3) is 0 Å². The molecule has 0 saturated carbocycles. The van der Waals surface area contributed by atoms with E-state index in [4.69, 9.17) is 4.98 Å². The number of pyridine rings is 3. The van der Waals surface area contributed by atoms with Crippen molar-refractivity contribution in [3.8, 4) is 33.8 Å². The van der Waals surface area contributed by atoms with E-state index in [1.165, 1.54) is 18.4 Å². The molecule has 10 nitrogen and oxygen atoms in total. The molecular formula is C32H30FN7O3S. The first-order valence-electron chi connectivity index (χ1n) is 14.2. The molecule has 5 heterocycles. The third-order valence-electron chi connectivity index (χ3n) is 7.30. The molecule has 3 N–H and O–H groups in total. The zero-order valence-electron chi connectivity index (χ0n) is 24.2. The largest absolute Gasteiger partial charge is 0.338 e. The number of nitrogens with one attached hydrogen (secondary N) is 3. The standard InChI is InChI=1S/C32H30FN7O3S/c1-3-4-5-29(41)36-23-15-21(17-34-18-23)26-6-7-27-30(37-26)31(40-39-27)28-16-25-24(8-10-35-32(25)38-28)20-12-19(13-22(33)14-20)9-11-44(2,42)43/h6-8,10,12-18H,3-5,9,11H2,1-2H3,(H,35,38)(H,36,41)(H,39,40). The predicted octanol–water partition coefficient (Wildman–Crippen LogP) is 6.09. The second-order valence-electron chi connectivity index (χ2n) is 10.8. The summed E-state index contributed by atoms with van der Waals surface area (Å²) in [5, 5.41) is 11.2. The average Bonchev–Trinajstić information content (AvgIpc) is 3.62. The number of benzene rings is 1. The van der Waals surface area contributed by atoms with Gasteiger partial charge in [-0.05, 0) is 72.0 Å². The van der Waals surface area contributed by atoms with Gasteiger partial charge in [-0.2, -0.15) is 5.10 Å². The molecule has 12 heteroatoms. The maximum atomic E-state index is 14.6. The zero-order chi connectivity index (χ0) is 30.8. The molecule has 0 atom stereocenters. The molecular weight excluding hydrogens is 581 g/mol. The Balaban J connectivity index is 1.35. The average molecular weight is 612 g/mol. The molecule has 0 spiro atoms. The van der Waals surface area contributed by atoms with Gasteiger partial charge < -0.3 is 10.3 Å². The Morgan fingerprint density at radius 1 is 1.05 bits per heavy atom. The third kappa shape index (κ3) is 6.35. The van der Waals surface area contributed by atoms with Crippen molar-refractivity contribution < 1.29 is 17.6 Å². The highest BCUT2D eigenvalue weighted by atomic mass is 32.2. The van der Waals surface area contributed by atoms with E-state index in [1.807, 2.05) is 37.3 Å². The SMILES string of the molecule is CCCCC(=O)Nc1cncc(-c2ccc3[nH]nc(-c4cc5c(-c6cc(F)cc(CCS(C)(=O)=O)c6)ccnc5[nH]4)c3n2)c1. The lowest BCUT2D eigenvalue weighted by Gasteiger charge is -2.07. The van der Waals surface area contributed by atoms with Crippen LogP contribution in [-0.2, 0) is 21.1 Å². The Bertz CT molecular complexity index is 2120. The fraction of sp³-hybridized carbons (Fsp3) is 0.219. The van der Waals surface area contributed by atoms with Crippen LogP contribution < -0.4 is 5.32 Å². The number of aromatic nitrogens is 6. The van der Waals surface area contributed by atoms with Gasteiger partial charge >= 0.3 is 0 Å². The van der Waals surface area contributed by atoms with Gasteiger partial charge in [0.05, 0.1) is 34.5 Å². The smallest absolute Gasteiger partial charge is 0.224 e. The number of hydrogen-bond acceptors (Lipinski definition) is 7. The predicted molar refractivity (Wildman–Crippen MR) is 169 cm³/mol. The number of carbonyl (C=O) groups is 1.